The minimum atomic E-state index is 0.252. The molecule has 1 aliphatic carbocycles. The van der Waals surface area contributed by atoms with E-state index in [1.807, 2.05) is 0 Å². The molecule has 1 radical (unpaired) electrons. The summed E-state index contributed by atoms with van der Waals surface area (Å²) in [5, 5.41) is 0. The Labute approximate surface area is 70.7 Å². The van der Waals surface area contributed by atoms with Gasteiger partial charge in [0.1, 0.15) is 0 Å². The minimum absolute atomic E-state index is 0.252. The molecule has 0 heteroatoms. The molecule has 1 fully saturated rings. The van der Waals surface area contributed by atoms with Crippen LogP contribution in [-0.2, 0) is 0 Å². The summed E-state index contributed by atoms with van der Waals surface area (Å²) in [6.45, 7) is 13.2. The Morgan fingerprint density at radius 1 is 1.27 bits per heavy atom. The molecule has 0 spiro atoms. The molecule has 0 aromatic heterocycles. The third-order valence-electron chi connectivity index (χ3n) is 2.73. The highest BCUT2D eigenvalue weighted by atomic mass is 14.4. The third kappa shape index (κ3) is 1.85. The van der Waals surface area contributed by atoms with Crippen LogP contribution >= 0.6 is 0 Å². The van der Waals surface area contributed by atoms with E-state index in [1.54, 1.807) is 0 Å². The molecule has 1 aliphatic rings. The maximum atomic E-state index is 4.10. The molecule has 0 aliphatic heterocycles. The largest absolute Gasteiger partial charge is 0.0993 e. The molecule has 0 unspecified atom stereocenters. The van der Waals surface area contributed by atoms with Crippen molar-refractivity contribution in [2.24, 2.45) is 10.8 Å². The smallest absolute Gasteiger partial charge is 0.0111 e. The van der Waals surface area contributed by atoms with Crippen LogP contribution in [0.2, 0.25) is 0 Å². The highest BCUT2D eigenvalue weighted by Crippen LogP contribution is 2.46. The fraction of sp³-hybridized carbons (Fsp3) is 0.727. The molecule has 0 aromatic carbocycles. The lowest BCUT2D eigenvalue weighted by atomic mass is 9.63. The summed E-state index contributed by atoms with van der Waals surface area (Å²) >= 11 is 0. The standard InChI is InChI=1S/C11H19/c1-9-6-7-10(2,3)8-11(9,4)5/h8H,1,6-7H2,2-5H3. The van der Waals surface area contributed by atoms with Crippen molar-refractivity contribution in [3.63, 3.8) is 0 Å². The molecule has 63 valence electrons. The first-order chi connectivity index (χ1) is 4.83. The molecule has 11 heavy (non-hydrogen) atoms. The lowest BCUT2D eigenvalue weighted by Crippen LogP contribution is -2.30. The molecule has 0 amide bonds. The van der Waals surface area contributed by atoms with Gasteiger partial charge in [0.15, 0.2) is 0 Å². The Kier molecular flexibility index (Phi) is 1.90. The van der Waals surface area contributed by atoms with Gasteiger partial charge >= 0.3 is 0 Å². The van der Waals surface area contributed by atoms with Crippen LogP contribution < -0.4 is 0 Å². The van der Waals surface area contributed by atoms with Crippen molar-refractivity contribution >= 4 is 0 Å². The fourth-order valence-electron chi connectivity index (χ4n) is 1.95. The maximum absolute atomic E-state index is 4.10. The van der Waals surface area contributed by atoms with E-state index in [9.17, 15) is 0 Å². The lowest BCUT2D eigenvalue weighted by molar-refractivity contribution is 0.269. The second-order valence-corrected chi connectivity index (χ2v) is 4.96. The molecular formula is C11H19. The average molecular weight is 151 g/mol. The van der Waals surface area contributed by atoms with Gasteiger partial charge in [-0.1, -0.05) is 39.8 Å². The molecule has 1 saturated carbocycles. The Bertz CT molecular complexity index is 172. The van der Waals surface area contributed by atoms with Crippen LogP contribution in [0.5, 0.6) is 0 Å². The average Bonchev–Trinajstić information content (AvgIpc) is 1.77. The van der Waals surface area contributed by atoms with E-state index in [0.29, 0.717) is 5.41 Å². The Morgan fingerprint density at radius 3 is 2.18 bits per heavy atom. The number of rotatable bonds is 0. The molecule has 0 aromatic rings. The van der Waals surface area contributed by atoms with Gasteiger partial charge in [-0.05, 0) is 30.1 Å². The van der Waals surface area contributed by atoms with Gasteiger partial charge in [0.25, 0.3) is 0 Å². The van der Waals surface area contributed by atoms with Crippen LogP contribution in [0.4, 0.5) is 0 Å². The summed E-state index contributed by atoms with van der Waals surface area (Å²) in [6.07, 6.45) is 4.89. The molecule has 0 N–H and O–H groups in total. The zero-order valence-electron chi connectivity index (χ0n) is 8.20. The third-order valence-corrected chi connectivity index (χ3v) is 2.73. The van der Waals surface area contributed by atoms with Crippen LogP contribution in [0.25, 0.3) is 0 Å². The molecule has 0 bridgehead atoms. The van der Waals surface area contributed by atoms with Gasteiger partial charge in [-0.25, -0.2) is 0 Å². The number of hydrogen-bond donors (Lipinski definition) is 0. The minimum Gasteiger partial charge on any atom is -0.0993 e. The van der Waals surface area contributed by atoms with E-state index in [4.69, 9.17) is 0 Å². The first-order valence-electron chi connectivity index (χ1n) is 4.39. The Hall–Kier alpha value is -0.260. The van der Waals surface area contributed by atoms with Gasteiger partial charge in [0.2, 0.25) is 0 Å². The highest BCUT2D eigenvalue weighted by molar-refractivity contribution is 5.20. The summed E-state index contributed by atoms with van der Waals surface area (Å²) < 4.78 is 0. The monoisotopic (exact) mass is 151 g/mol. The van der Waals surface area contributed by atoms with E-state index in [-0.39, 0.29) is 5.41 Å². The topological polar surface area (TPSA) is 0 Å². The Balaban J connectivity index is 2.75. The maximum Gasteiger partial charge on any atom is -0.0111 e. The Morgan fingerprint density at radius 2 is 1.82 bits per heavy atom. The second kappa shape index (κ2) is 2.36. The predicted molar refractivity (Wildman–Crippen MR) is 50.2 cm³/mol. The SMILES string of the molecule is C=C1CCC(C)(C)[CH]C1(C)C. The first kappa shape index (κ1) is 8.83. The van der Waals surface area contributed by atoms with Crippen molar-refractivity contribution in [2.45, 2.75) is 40.5 Å². The summed E-state index contributed by atoms with van der Waals surface area (Å²) in [4.78, 5) is 0. The quantitative estimate of drug-likeness (QED) is 0.464. The van der Waals surface area contributed by atoms with E-state index < -0.39 is 0 Å². The highest BCUT2D eigenvalue weighted by Gasteiger charge is 2.35. The summed E-state index contributed by atoms with van der Waals surface area (Å²) in [6, 6.07) is 0. The van der Waals surface area contributed by atoms with Crippen molar-refractivity contribution in [2.75, 3.05) is 0 Å². The van der Waals surface area contributed by atoms with Gasteiger partial charge in [0.05, 0.1) is 0 Å². The predicted octanol–water partition coefficient (Wildman–Crippen LogP) is 3.59. The van der Waals surface area contributed by atoms with Gasteiger partial charge in [-0.3, -0.25) is 0 Å². The van der Waals surface area contributed by atoms with Crippen molar-refractivity contribution in [3.8, 4) is 0 Å². The van der Waals surface area contributed by atoms with Crippen LogP contribution in [0.15, 0.2) is 12.2 Å². The molecule has 0 heterocycles. The summed E-state index contributed by atoms with van der Waals surface area (Å²) in [5.74, 6) is 0. The normalized spacial score (nSPS) is 28.5. The fourth-order valence-corrected chi connectivity index (χ4v) is 1.95. The zero-order chi connectivity index (χ0) is 8.70. The number of allylic oxidation sites excluding steroid dienone is 1. The van der Waals surface area contributed by atoms with Crippen molar-refractivity contribution < 1.29 is 0 Å². The zero-order valence-corrected chi connectivity index (χ0v) is 8.20. The van der Waals surface area contributed by atoms with Gasteiger partial charge in [-0.15, -0.1) is 0 Å². The van der Waals surface area contributed by atoms with Gasteiger partial charge < -0.3 is 0 Å². The summed E-state index contributed by atoms with van der Waals surface area (Å²) in [7, 11) is 0. The van der Waals surface area contributed by atoms with E-state index >= 15 is 0 Å². The molecule has 1 rings (SSSR count). The molecular weight excluding hydrogens is 132 g/mol. The van der Waals surface area contributed by atoms with Crippen LogP contribution in [0.3, 0.4) is 0 Å². The molecule has 0 saturated heterocycles. The van der Waals surface area contributed by atoms with Gasteiger partial charge in [0, 0.05) is 0 Å². The van der Waals surface area contributed by atoms with Crippen LogP contribution in [-0.4, -0.2) is 0 Å². The van der Waals surface area contributed by atoms with Crippen molar-refractivity contribution in [3.05, 3.63) is 18.6 Å². The molecule has 0 nitrogen and oxygen atoms in total. The van der Waals surface area contributed by atoms with E-state index in [0.717, 1.165) is 0 Å². The van der Waals surface area contributed by atoms with Crippen LogP contribution in [0, 0.1) is 17.3 Å². The van der Waals surface area contributed by atoms with E-state index in [2.05, 4.69) is 40.7 Å². The van der Waals surface area contributed by atoms with E-state index in [1.165, 1.54) is 18.4 Å². The van der Waals surface area contributed by atoms with Gasteiger partial charge in [-0.2, -0.15) is 0 Å². The van der Waals surface area contributed by atoms with Crippen molar-refractivity contribution in [1.29, 1.82) is 0 Å². The van der Waals surface area contributed by atoms with Crippen molar-refractivity contribution in [1.82, 2.24) is 0 Å². The number of hydrogen-bond acceptors (Lipinski definition) is 0. The van der Waals surface area contributed by atoms with Crippen LogP contribution in [0.1, 0.15) is 40.5 Å². The second-order valence-electron chi connectivity index (χ2n) is 4.96. The lowest BCUT2D eigenvalue weighted by Gasteiger charge is -2.41. The molecule has 0 atom stereocenters. The first-order valence-corrected chi connectivity index (χ1v) is 4.39. The summed E-state index contributed by atoms with van der Waals surface area (Å²) in [5.41, 5.74) is 2.05.